The Morgan fingerprint density at radius 2 is 2.05 bits per heavy atom. The second-order valence-electron chi connectivity index (χ2n) is 4.83. The third kappa shape index (κ3) is 2.02. The zero-order valence-corrected chi connectivity index (χ0v) is 12.3. The van der Waals surface area contributed by atoms with Crippen LogP contribution in [0.5, 0.6) is 5.75 Å². The zero-order chi connectivity index (χ0) is 14.4. The third-order valence-electron chi connectivity index (χ3n) is 3.16. The number of benzene rings is 1. The Morgan fingerprint density at radius 1 is 1.42 bits per heavy atom. The van der Waals surface area contributed by atoms with Crippen LogP contribution in [-0.2, 0) is 16.0 Å². The van der Waals surface area contributed by atoms with Crippen molar-refractivity contribution in [2.24, 2.45) is 0 Å². The standard InChI is InChI=1S/C13H13BrF2O3/c1-12(2)13(15,16)9-5-7(6-14)4-8(10(9)19-12)11(17)18-3/h4-5H,6H2,1-3H3. The molecule has 0 saturated carbocycles. The van der Waals surface area contributed by atoms with Crippen LogP contribution in [0, 0.1) is 0 Å². The molecule has 104 valence electrons. The van der Waals surface area contributed by atoms with Gasteiger partial charge in [0, 0.05) is 5.33 Å². The number of ether oxygens (including phenoxy) is 2. The number of hydrogen-bond acceptors (Lipinski definition) is 3. The smallest absolute Gasteiger partial charge is 0.341 e. The molecular formula is C13H13BrF2O3. The van der Waals surface area contributed by atoms with Gasteiger partial charge in [-0.15, -0.1) is 0 Å². The maximum atomic E-state index is 14.3. The maximum Gasteiger partial charge on any atom is 0.341 e. The predicted molar refractivity (Wildman–Crippen MR) is 69.0 cm³/mol. The summed E-state index contributed by atoms with van der Waals surface area (Å²) in [6, 6.07) is 2.85. The summed E-state index contributed by atoms with van der Waals surface area (Å²) < 4.78 is 38.5. The van der Waals surface area contributed by atoms with Gasteiger partial charge >= 0.3 is 11.9 Å². The molecule has 0 saturated heterocycles. The molecule has 1 heterocycles. The molecule has 1 aromatic carbocycles. The lowest BCUT2D eigenvalue weighted by Gasteiger charge is -2.25. The van der Waals surface area contributed by atoms with Crippen LogP contribution < -0.4 is 4.74 Å². The van der Waals surface area contributed by atoms with E-state index in [1.165, 1.54) is 33.1 Å². The Balaban J connectivity index is 2.70. The average Bonchev–Trinajstić information content (AvgIpc) is 2.54. The molecule has 0 bridgehead atoms. The first-order valence-corrected chi connectivity index (χ1v) is 6.75. The van der Waals surface area contributed by atoms with E-state index in [2.05, 4.69) is 20.7 Å². The minimum Gasteiger partial charge on any atom is -0.480 e. The molecule has 0 N–H and O–H groups in total. The van der Waals surface area contributed by atoms with Gasteiger partial charge in [-0.05, 0) is 31.5 Å². The molecule has 0 amide bonds. The van der Waals surface area contributed by atoms with Crippen LogP contribution in [0.25, 0.3) is 0 Å². The summed E-state index contributed by atoms with van der Waals surface area (Å²) in [5.74, 6) is -3.94. The van der Waals surface area contributed by atoms with Gasteiger partial charge in [-0.3, -0.25) is 0 Å². The van der Waals surface area contributed by atoms with Crippen LogP contribution in [0.15, 0.2) is 12.1 Å². The van der Waals surface area contributed by atoms with Crippen LogP contribution >= 0.6 is 15.9 Å². The first-order chi connectivity index (χ1) is 8.74. The van der Waals surface area contributed by atoms with Crippen LogP contribution in [0.1, 0.15) is 35.3 Å². The van der Waals surface area contributed by atoms with Crippen molar-refractivity contribution < 1.29 is 23.0 Å². The van der Waals surface area contributed by atoms with E-state index in [0.717, 1.165) is 0 Å². The molecule has 0 unspecified atom stereocenters. The van der Waals surface area contributed by atoms with Crippen LogP contribution in [0.2, 0.25) is 0 Å². The number of esters is 1. The molecule has 0 aliphatic carbocycles. The van der Waals surface area contributed by atoms with Crippen molar-refractivity contribution in [3.05, 3.63) is 28.8 Å². The summed E-state index contributed by atoms with van der Waals surface area (Å²) in [4.78, 5) is 11.7. The van der Waals surface area contributed by atoms with E-state index in [1.54, 1.807) is 0 Å². The van der Waals surface area contributed by atoms with E-state index in [1.807, 2.05) is 0 Å². The summed E-state index contributed by atoms with van der Waals surface area (Å²) in [6.45, 7) is 2.59. The van der Waals surface area contributed by atoms with Crippen molar-refractivity contribution in [2.45, 2.75) is 30.7 Å². The lowest BCUT2D eigenvalue weighted by molar-refractivity contribution is -0.127. The number of alkyl halides is 3. The molecule has 0 radical (unpaired) electrons. The van der Waals surface area contributed by atoms with Crippen molar-refractivity contribution in [2.75, 3.05) is 7.11 Å². The average molecular weight is 335 g/mol. The van der Waals surface area contributed by atoms with Gasteiger partial charge in [-0.1, -0.05) is 15.9 Å². The molecule has 1 aliphatic rings. The molecule has 0 aromatic heterocycles. The highest BCUT2D eigenvalue weighted by Crippen LogP contribution is 2.53. The molecule has 3 nitrogen and oxygen atoms in total. The van der Waals surface area contributed by atoms with Crippen molar-refractivity contribution in [3.63, 3.8) is 0 Å². The van der Waals surface area contributed by atoms with E-state index < -0.39 is 17.5 Å². The summed E-state index contributed by atoms with van der Waals surface area (Å²) in [5.41, 5.74) is -1.36. The topological polar surface area (TPSA) is 35.5 Å². The summed E-state index contributed by atoms with van der Waals surface area (Å²) in [7, 11) is 1.20. The third-order valence-corrected chi connectivity index (χ3v) is 3.81. The normalized spacial score (nSPS) is 18.6. The second-order valence-corrected chi connectivity index (χ2v) is 5.39. The van der Waals surface area contributed by atoms with Gasteiger partial charge in [-0.2, -0.15) is 8.78 Å². The van der Waals surface area contributed by atoms with E-state index in [4.69, 9.17) is 4.74 Å². The van der Waals surface area contributed by atoms with E-state index in [9.17, 15) is 13.6 Å². The fourth-order valence-electron chi connectivity index (χ4n) is 2.01. The molecule has 0 spiro atoms. The molecule has 0 atom stereocenters. The Labute approximate surface area is 118 Å². The predicted octanol–water partition coefficient (Wildman–Crippen LogP) is 3.63. The fraction of sp³-hybridized carbons (Fsp3) is 0.462. The molecular weight excluding hydrogens is 322 g/mol. The highest BCUT2D eigenvalue weighted by atomic mass is 79.9. The number of methoxy groups -OCH3 is 1. The van der Waals surface area contributed by atoms with Crippen molar-refractivity contribution in [1.82, 2.24) is 0 Å². The number of fused-ring (bicyclic) bond motifs is 1. The second kappa shape index (κ2) is 4.44. The van der Waals surface area contributed by atoms with Gasteiger partial charge in [0.2, 0.25) is 0 Å². The molecule has 1 aromatic rings. The number of carbonyl (C=O) groups excluding carboxylic acids is 1. The van der Waals surface area contributed by atoms with Crippen molar-refractivity contribution in [3.8, 4) is 5.75 Å². The Hall–Kier alpha value is -1.17. The first kappa shape index (κ1) is 14.2. The van der Waals surface area contributed by atoms with Gasteiger partial charge in [0.25, 0.3) is 0 Å². The lowest BCUT2D eigenvalue weighted by Crippen LogP contribution is -2.39. The van der Waals surface area contributed by atoms with Gasteiger partial charge in [0.1, 0.15) is 11.3 Å². The Bertz CT molecular complexity index is 541. The first-order valence-electron chi connectivity index (χ1n) is 5.63. The van der Waals surface area contributed by atoms with Gasteiger partial charge in [-0.25, -0.2) is 4.79 Å². The Morgan fingerprint density at radius 3 is 2.58 bits per heavy atom. The molecule has 2 rings (SSSR count). The number of halogens is 3. The molecule has 1 aliphatic heterocycles. The van der Waals surface area contributed by atoms with Crippen molar-refractivity contribution in [1.29, 1.82) is 0 Å². The van der Waals surface area contributed by atoms with E-state index >= 15 is 0 Å². The Kier molecular flexibility index (Phi) is 3.33. The summed E-state index contributed by atoms with van der Waals surface area (Å²) in [5, 5.41) is 0.362. The fourth-order valence-corrected chi connectivity index (χ4v) is 2.34. The van der Waals surface area contributed by atoms with E-state index in [0.29, 0.717) is 10.9 Å². The van der Waals surface area contributed by atoms with Gasteiger partial charge in [0.05, 0.1) is 12.7 Å². The van der Waals surface area contributed by atoms with Gasteiger partial charge in [0.15, 0.2) is 5.60 Å². The molecule has 6 heteroatoms. The molecule has 19 heavy (non-hydrogen) atoms. The highest BCUT2D eigenvalue weighted by molar-refractivity contribution is 9.08. The van der Waals surface area contributed by atoms with Crippen LogP contribution in [0.4, 0.5) is 8.78 Å². The molecule has 0 fully saturated rings. The minimum absolute atomic E-state index is 0.0275. The van der Waals surface area contributed by atoms with Gasteiger partial charge < -0.3 is 9.47 Å². The highest BCUT2D eigenvalue weighted by Gasteiger charge is 2.58. The SMILES string of the molecule is COC(=O)c1cc(CBr)cc2c1OC(C)(C)C2(F)F. The lowest BCUT2D eigenvalue weighted by atomic mass is 9.94. The minimum atomic E-state index is -3.16. The van der Waals surface area contributed by atoms with Crippen LogP contribution in [-0.4, -0.2) is 18.7 Å². The summed E-state index contributed by atoms with van der Waals surface area (Å²) >= 11 is 3.20. The summed E-state index contributed by atoms with van der Waals surface area (Å²) in [6.07, 6.45) is 0. The number of rotatable bonds is 2. The van der Waals surface area contributed by atoms with Crippen LogP contribution in [0.3, 0.4) is 0 Å². The largest absolute Gasteiger partial charge is 0.480 e. The van der Waals surface area contributed by atoms with Crippen molar-refractivity contribution >= 4 is 21.9 Å². The number of carbonyl (C=O) groups is 1. The zero-order valence-electron chi connectivity index (χ0n) is 10.7. The van der Waals surface area contributed by atoms with E-state index in [-0.39, 0.29) is 16.9 Å². The monoisotopic (exact) mass is 334 g/mol. The number of hydrogen-bond donors (Lipinski definition) is 0. The quantitative estimate of drug-likeness (QED) is 0.612. The maximum absolute atomic E-state index is 14.3.